The van der Waals surface area contributed by atoms with Crippen LogP contribution in [0.15, 0.2) is 42.5 Å². The molecule has 186 valence electrons. The Morgan fingerprint density at radius 3 is 2.49 bits per heavy atom. The van der Waals surface area contributed by atoms with E-state index in [0.29, 0.717) is 30.6 Å². The highest BCUT2D eigenvalue weighted by Crippen LogP contribution is 2.54. The molecule has 1 amide bonds. The van der Waals surface area contributed by atoms with Crippen LogP contribution in [0.5, 0.6) is 0 Å². The number of alkyl halides is 3. The standard InChI is InChI=1S/C26H23Cl2F4NO2/c1-2-33-10-8-16(24(33)35)12-23(34)19-5-3-15(11-20(19)27)17-7-9-25(14-17,26(30,31)32)18-4-6-22(29)21(28)13-18/h3-7,11,13,16H,2,8-10,12,14H2,1H3. The molecule has 1 aliphatic heterocycles. The van der Waals surface area contributed by atoms with Crippen LogP contribution < -0.4 is 0 Å². The van der Waals surface area contributed by atoms with Crippen LogP contribution in [0.1, 0.15) is 54.1 Å². The predicted molar refractivity (Wildman–Crippen MR) is 127 cm³/mol. The van der Waals surface area contributed by atoms with Gasteiger partial charge in [-0.05, 0) is 67.2 Å². The maximum Gasteiger partial charge on any atom is 0.399 e. The lowest BCUT2D eigenvalue weighted by Gasteiger charge is -2.33. The molecule has 2 unspecified atom stereocenters. The predicted octanol–water partition coefficient (Wildman–Crippen LogP) is 7.25. The largest absolute Gasteiger partial charge is 0.399 e. The Labute approximate surface area is 210 Å². The number of ketones is 1. The summed E-state index contributed by atoms with van der Waals surface area (Å²) in [6.45, 7) is 3.10. The Morgan fingerprint density at radius 2 is 1.89 bits per heavy atom. The van der Waals surface area contributed by atoms with Crippen LogP contribution in [0.25, 0.3) is 5.57 Å². The van der Waals surface area contributed by atoms with Crippen molar-refractivity contribution in [1.82, 2.24) is 4.90 Å². The van der Waals surface area contributed by atoms with Crippen LogP contribution in [0, 0.1) is 11.7 Å². The van der Waals surface area contributed by atoms with Gasteiger partial charge in [0.05, 0.1) is 15.5 Å². The Morgan fingerprint density at radius 1 is 1.14 bits per heavy atom. The zero-order valence-electron chi connectivity index (χ0n) is 18.9. The SMILES string of the molecule is CCN1CCC(CC(=O)c2ccc(C3=CCC(c4ccc(F)c(Cl)c4)(C(F)(F)F)C3)cc2Cl)C1=O. The molecule has 0 bridgehead atoms. The average molecular weight is 528 g/mol. The molecule has 1 heterocycles. The van der Waals surface area contributed by atoms with Crippen molar-refractivity contribution in [1.29, 1.82) is 0 Å². The number of Topliss-reactive ketones (excluding diaryl/α,β-unsaturated/α-hetero) is 1. The normalized spacial score (nSPS) is 22.6. The van der Waals surface area contributed by atoms with E-state index in [0.717, 1.165) is 18.2 Å². The number of hydrogen-bond donors (Lipinski definition) is 0. The first-order valence-corrected chi connectivity index (χ1v) is 12.1. The molecule has 2 atom stereocenters. The third-order valence-electron chi connectivity index (χ3n) is 7.07. The first-order chi connectivity index (χ1) is 16.5. The topological polar surface area (TPSA) is 37.4 Å². The first kappa shape index (κ1) is 25.7. The van der Waals surface area contributed by atoms with E-state index in [1.165, 1.54) is 18.2 Å². The molecule has 1 fully saturated rings. The molecule has 3 nitrogen and oxygen atoms in total. The van der Waals surface area contributed by atoms with E-state index in [-0.39, 0.29) is 58.0 Å². The Kier molecular flexibility index (Phi) is 7.04. The molecule has 0 aromatic heterocycles. The van der Waals surface area contributed by atoms with E-state index in [4.69, 9.17) is 23.2 Å². The molecule has 2 aliphatic rings. The lowest BCUT2D eigenvalue weighted by Crippen LogP contribution is -2.40. The van der Waals surface area contributed by atoms with Crippen molar-refractivity contribution < 1.29 is 27.2 Å². The molecule has 35 heavy (non-hydrogen) atoms. The zero-order valence-corrected chi connectivity index (χ0v) is 20.4. The van der Waals surface area contributed by atoms with Crippen LogP contribution in [0.2, 0.25) is 10.0 Å². The number of rotatable bonds is 6. The van der Waals surface area contributed by atoms with Crippen molar-refractivity contribution in [2.45, 2.75) is 44.2 Å². The van der Waals surface area contributed by atoms with E-state index in [2.05, 4.69) is 0 Å². The van der Waals surface area contributed by atoms with Gasteiger partial charge in [-0.3, -0.25) is 9.59 Å². The van der Waals surface area contributed by atoms with Gasteiger partial charge in [-0.25, -0.2) is 4.39 Å². The second-order valence-corrected chi connectivity index (χ2v) is 9.86. The molecule has 1 saturated heterocycles. The van der Waals surface area contributed by atoms with Crippen molar-refractivity contribution in [3.8, 4) is 0 Å². The Bertz CT molecular complexity index is 1210. The van der Waals surface area contributed by atoms with Gasteiger partial charge >= 0.3 is 6.18 Å². The summed E-state index contributed by atoms with van der Waals surface area (Å²) in [5.41, 5.74) is -1.21. The number of hydrogen-bond acceptors (Lipinski definition) is 2. The summed E-state index contributed by atoms with van der Waals surface area (Å²) in [4.78, 5) is 26.8. The molecule has 0 spiro atoms. The summed E-state index contributed by atoms with van der Waals surface area (Å²) in [7, 11) is 0. The number of benzene rings is 2. The van der Waals surface area contributed by atoms with Gasteiger partial charge in [0, 0.05) is 31.0 Å². The minimum absolute atomic E-state index is 0.0413. The Hall–Kier alpha value is -2.38. The van der Waals surface area contributed by atoms with Crippen LogP contribution in [0.4, 0.5) is 17.6 Å². The number of carbonyl (C=O) groups excluding carboxylic acids is 2. The minimum Gasteiger partial charge on any atom is -0.343 e. The van der Waals surface area contributed by atoms with Crippen LogP contribution >= 0.6 is 23.2 Å². The first-order valence-electron chi connectivity index (χ1n) is 11.3. The fourth-order valence-corrected chi connectivity index (χ4v) is 5.43. The number of allylic oxidation sites excluding steroid dienone is 2. The monoisotopic (exact) mass is 527 g/mol. The molecule has 4 rings (SSSR count). The molecule has 0 N–H and O–H groups in total. The van der Waals surface area contributed by atoms with Crippen molar-refractivity contribution >= 4 is 40.5 Å². The minimum atomic E-state index is -4.60. The molecule has 1 aliphatic carbocycles. The van der Waals surface area contributed by atoms with Gasteiger partial charge in [-0.2, -0.15) is 13.2 Å². The van der Waals surface area contributed by atoms with Crippen LogP contribution in [0.3, 0.4) is 0 Å². The van der Waals surface area contributed by atoms with Crippen LogP contribution in [-0.2, 0) is 10.2 Å². The molecule has 0 radical (unpaired) electrons. The van der Waals surface area contributed by atoms with Gasteiger partial charge in [0.1, 0.15) is 5.82 Å². The summed E-state index contributed by atoms with van der Waals surface area (Å²) >= 11 is 12.2. The van der Waals surface area contributed by atoms with Gasteiger partial charge in [0.2, 0.25) is 5.91 Å². The molecular formula is C26H23Cl2F4NO2. The highest BCUT2D eigenvalue weighted by molar-refractivity contribution is 6.34. The molecular weight excluding hydrogens is 505 g/mol. The summed E-state index contributed by atoms with van der Waals surface area (Å²) < 4.78 is 56.4. The summed E-state index contributed by atoms with van der Waals surface area (Å²) in [5.74, 6) is -1.49. The number of nitrogens with zero attached hydrogens (tertiary/aromatic N) is 1. The highest BCUT2D eigenvalue weighted by atomic mass is 35.5. The number of halogens is 6. The van der Waals surface area contributed by atoms with Gasteiger partial charge < -0.3 is 4.90 Å². The van der Waals surface area contributed by atoms with Crippen molar-refractivity contribution in [2.75, 3.05) is 13.1 Å². The zero-order chi connectivity index (χ0) is 25.5. The highest BCUT2D eigenvalue weighted by Gasteiger charge is 2.57. The smallest absolute Gasteiger partial charge is 0.343 e. The maximum absolute atomic E-state index is 14.3. The van der Waals surface area contributed by atoms with Crippen molar-refractivity contribution in [2.24, 2.45) is 5.92 Å². The fraction of sp³-hybridized carbons (Fsp3) is 0.385. The Balaban J connectivity index is 1.55. The summed E-state index contributed by atoms with van der Waals surface area (Å²) in [5, 5.41) is -0.242. The second-order valence-electron chi connectivity index (χ2n) is 9.04. The van der Waals surface area contributed by atoms with E-state index in [9.17, 15) is 27.2 Å². The lowest BCUT2D eigenvalue weighted by molar-refractivity contribution is -0.187. The fourth-order valence-electron chi connectivity index (χ4n) is 4.96. The summed E-state index contributed by atoms with van der Waals surface area (Å²) in [6.07, 6.45) is -3.16. The third kappa shape index (κ3) is 4.73. The third-order valence-corrected chi connectivity index (χ3v) is 7.67. The maximum atomic E-state index is 14.3. The quantitative estimate of drug-likeness (QED) is 0.293. The van der Waals surface area contributed by atoms with E-state index >= 15 is 0 Å². The van der Waals surface area contributed by atoms with Gasteiger partial charge in [0.25, 0.3) is 0 Å². The van der Waals surface area contributed by atoms with E-state index < -0.39 is 17.4 Å². The van der Waals surface area contributed by atoms with Gasteiger partial charge in [0.15, 0.2) is 5.78 Å². The molecule has 2 aromatic carbocycles. The number of amides is 1. The van der Waals surface area contributed by atoms with Gasteiger partial charge in [-0.15, -0.1) is 0 Å². The van der Waals surface area contributed by atoms with E-state index in [1.807, 2.05) is 6.92 Å². The molecule has 2 aromatic rings. The average Bonchev–Trinajstić information content (AvgIpc) is 3.40. The number of likely N-dealkylation sites (tertiary alicyclic amines) is 1. The van der Waals surface area contributed by atoms with Crippen molar-refractivity contribution in [3.63, 3.8) is 0 Å². The molecule has 0 saturated carbocycles. The van der Waals surface area contributed by atoms with Crippen molar-refractivity contribution in [3.05, 3.63) is 75.0 Å². The molecule has 9 heteroatoms. The lowest BCUT2D eigenvalue weighted by atomic mass is 9.76. The second kappa shape index (κ2) is 9.58. The summed E-state index contributed by atoms with van der Waals surface area (Å²) in [6, 6.07) is 7.64. The number of carbonyl (C=O) groups is 2. The van der Waals surface area contributed by atoms with Gasteiger partial charge in [-0.1, -0.05) is 41.4 Å². The van der Waals surface area contributed by atoms with E-state index in [1.54, 1.807) is 11.0 Å². The van der Waals surface area contributed by atoms with Crippen LogP contribution in [-0.4, -0.2) is 35.9 Å².